The Bertz CT molecular complexity index is 528. The first-order valence-electron chi connectivity index (χ1n) is 6.96. The molecule has 0 radical (unpaired) electrons. The summed E-state index contributed by atoms with van der Waals surface area (Å²) in [5.74, 6) is 1.07. The van der Waals surface area contributed by atoms with Crippen LogP contribution in [0.2, 0.25) is 0 Å². The third-order valence-electron chi connectivity index (χ3n) is 4.80. The third-order valence-corrected chi connectivity index (χ3v) is 4.80. The molecule has 1 spiro atoms. The van der Waals surface area contributed by atoms with Crippen molar-refractivity contribution in [2.75, 3.05) is 0 Å². The van der Waals surface area contributed by atoms with Crippen molar-refractivity contribution in [3.05, 3.63) is 59.7 Å². The zero-order valence-corrected chi connectivity index (χ0v) is 10.5. The monoisotopic (exact) mass is 238 g/mol. The lowest BCUT2D eigenvalue weighted by molar-refractivity contribution is -0.0904. The van der Waals surface area contributed by atoms with Gasteiger partial charge in [0.2, 0.25) is 0 Å². The predicted molar refractivity (Wildman–Crippen MR) is 72.3 cm³/mol. The van der Waals surface area contributed by atoms with Gasteiger partial charge in [0.05, 0.1) is 6.61 Å². The zero-order valence-electron chi connectivity index (χ0n) is 10.5. The maximum Gasteiger partial charge on any atom is 0.100 e. The van der Waals surface area contributed by atoms with Crippen molar-refractivity contribution in [1.82, 2.24) is 0 Å². The molecule has 1 heteroatoms. The van der Waals surface area contributed by atoms with Gasteiger partial charge in [-0.3, -0.25) is 0 Å². The smallest absolute Gasteiger partial charge is 0.100 e. The largest absolute Gasteiger partial charge is 0.365 e. The van der Waals surface area contributed by atoms with Gasteiger partial charge in [0.15, 0.2) is 0 Å². The summed E-state index contributed by atoms with van der Waals surface area (Å²) in [6.45, 7) is 0.765. The quantitative estimate of drug-likeness (QED) is 0.621. The van der Waals surface area contributed by atoms with E-state index < -0.39 is 0 Å². The van der Waals surface area contributed by atoms with Crippen LogP contribution in [0.1, 0.15) is 36.3 Å². The van der Waals surface area contributed by atoms with Crippen LogP contribution in [-0.4, -0.2) is 5.60 Å². The van der Waals surface area contributed by atoms with Crippen LogP contribution in [-0.2, 0) is 11.3 Å². The van der Waals surface area contributed by atoms with Gasteiger partial charge >= 0.3 is 0 Å². The molecule has 1 aliphatic heterocycles. The minimum atomic E-state index is -0.0542. The molecule has 1 aromatic carbocycles. The van der Waals surface area contributed by atoms with Gasteiger partial charge in [-0.2, -0.15) is 0 Å². The van der Waals surface area contributed by atoms with Gasteiger partial charge in [-0.1, -0.05) is 48.6 Å². The van der Waals surface area contributed by atoms with Crippen LogP contribution in [0.25, 0.3) is 0 Å². The van der Waals surface area contributed by atoms with E-state index in [1.165, 1.54) is 30.4 Å². The van der Waals surface area contributed by atoms with E-state index in [4.69, 9.17) is 4.74 Å². The second-order valence-electron chi connectivity index (χ2n) is 5.66. The molecule has 0 amide bonds. The first-order valence-corrected chi connectivity index (χ1v) is 6.96. The van der Waals surface area contributed by atoms with E-state index in [-0.39, 0.29) is 5.60 Å². The Kier molecular flexibility index (Phi) is 2.25. The Morgan fingerprint density at radius 1 is 1.17 bits per heavy atom. The summed E-state index contributed by atoms with van der Waals surface area (Å²) in [5.41, 5.74) is 2.77. The maximum atomic E-state index is 6.36. The van der Waals surface area contributed by atoms with Gasteiger partial charge in [-0.25, -0.2) is 0 Å². The summed E-state index contributed by atoms with van der Waals surface area (Å²) in [6, 6.07) is 8.74. The minimum absolute atomic E-state index is 0.0542. The predicted octanol–water partition coefficient (Wildman–Crippen LogP) is 3.97. The lowest BCUT2D eigenvalue weighted by atomic mass is 9.64. The number of benzene rings is 1. The molecule has 92 valence electrons. The van der Waals surface area contributed by atoms with E-state index >= 15 is 0 Å². The van der Waals surface area contributed by atoms with Crippen molar-refractivity contribution in [2.45, 2.75) is 37.4 Å². The molecule has 3 aliphatic rings. The lowest BCUT2D eigenvalue weighted by Gasteiger charge is -2.50. The highest BCUT2D eigenvalue weighted by Gasteiger charge is 2.49. The fourth-order valence-electron chi connectivity index (χ4n) is 3.89. The van der Waals surface area contributed by atoms with Crippen LogP contribution in [0, 0.1) is 5.92 Å². The summed E-state index contributed by atoms with van der Waals surface area (Å²) < 4.78 is 6.36. The number of hydrogen-bond acceptors (Lipinski definition) is 1. The molecule has 0 saturated heterocycles. The third kappa shape index (κ3) is 1.31. The highest BCUT2D eigenvalue weighted by Crippen LogP contribution is 2.51. The van der Waals surface area contributed by atoms with Crippen LogP contribution >= 0.6 is 0 Å². The average molecular weight is 238 g/mol. The van der Waals surface area contributed by atoms with E-state index in [2.05, 4.69) is 48.6 Å². The summed E-state index contributed by atoms with van der Waals surface area (Å²) in [7, 11) is 0. The molecule has 0 aromatic heterocycles. The average Bonchev–Trinajstić information content (AvgIpc) is 2.45. The van der Waals surface area contributed by atoms with Gasteiger partial charge in [0.25, 0.3) is 0 Å². The summed E-state index contributed by atoms with van der Waals surface area (Å²) in [5, 5.41) is 0. The Labute approximate surface area is 108 Å². The van der Waals surface area contributed by atoms with Crippen LogP contribution in [0.15, 0.2) is 48.6 Å². The standard InChI is InChI=1S/C17H18O/c1-2-9-15-13(6-1)12-18-17-11-4-3-7-14(17)8-5-10-16(15)17/h1-2,4-6,9-11,14,16H,3,7-8,12H2/t14-,16+,17+/m1/s1. The van der Waals surface area contributed by atoms with Crippen molar-refractivity contribution >= 4 is 0 Å². The number of fused-ring (bicyclic) bond motifs is 2. The van der Waals surface area contributed by atoms with E-state index in [0.29, 0.717) is 11.8 Å². The Morgan fingerprint density at radius 3 is 3.11 bits per heavy atom. The number of hydrogen-bond donors (Lipinski definition) is 0. The molecule has 0 saturated carbocycles. The van der Waals surface area contributed by atoms with E-state index in [1.807, 2.05) is 0 Å². The van der Waals surface area contributed by atoms with Crippen LogP contribution in [0.5, 0.6) is 0 Å². The number of rotatable bonds is 0. The molecule has 4 rings (SSSR count). The Morgan fingerprint density at radius 2 is 2.11 bits per heavy atom. The molecule has 0 unspecified atom stereocenters. The van der Waals surface area contributed by atoms with Gasteiger partial charge in [-0.05, 0) is 36.3 Å². The maximum absolute atomic E-state index is 6.36. The van der Waals surface area contributed by atoms with E-state index in [9.17, 15) is 0 Å². The Hall–Kier alpha value is -1.34. The second-order valence-corrected chi connectivity index (χ2v) is 5.66. The van der Waals surface area contributed by atoms with E-state index in [1.54, 1.807) is 0 Å². The Balaban J connectivity index is 1.89. The highest BCUT2D eigenvalue weighted by molar-refractivity contribution is 5.42. The normalized spacial score (nSPS) is 36.7. The first-order chi connectivity index (χ1) is 8.90. The minimum Gasteiger partial charge on any atom is -0.365 e. The van der Waals surface area contributed by atoms with Crippen molar-refractivity contribution in [1.29, 1.82) is 0 Å². The topological polar surface area (TPSA) is 9.23 Å². The second kappa shape index (κ2) is 3.83. The molecule has 3 atom stereocenters. The molecule has 0 fully saturated rings. The fourth-order valence-corrected chi connectivity index (χ4v) is 3.89. The van der Waals surface area contributed by atoms with Crippen molar-refractivity contribution in [3.63, 3.8) is 0 Å². The summed E-state index contributed by atoms with van der Waals surface area (Å²) in [4.78, 5) is 0. The summed E-state index contributed by atoms with van der Waals surface area (Å²) >= 11 is 0. The van der Waals surface area contributed by atoms with Crippen molar-refractivity contribution < 1.29 is 4.74 Å². The van der Waals surface area contributed by atoms with Crippen molar-refractivity contribution in [2.24, 2.45) is 5.92 Å². The lowest BCUT2D eigenvalue weighted by Crippen LogP contribution is -2.49. The van der Waals surface area contributed by atoms with Crippen LogP contribution in [0.4, 0.5) is 0 Å². The van der Waals surface area contributed by atoms with Crippen LogP contribution < -0.4 is 0 Å². The molecular formula is C17H18O. The molecule has 0 bridgehead atoms. The molecule has 1 heterocycles. The zero-order chi connectivity index (χ0) is 12.0. The molecule has 18 heavy (non-hydrogen) atoms. The van der Waals surface area contributed by atoms with Gasteiger partial charge < -0.3 is 4.74 Å². The first kappa shape index (κ1) is 10.6. The van der Waals surface area contributed by atoms with E-state index in [0.717, 1.165) is 6.61 Å². The fraction of sp³-hybridized carbons (Fsp3) is 0.412. The number of ether oxygens (including phenoxy) is 1. The van der Waals surface area contributed by atoms with Gasteiger partial charge in [0.1, 0.15) is 5.60 Å². The van der Waals surface area contributed by atoms with Crippen molar-refractivity contribution in [3.8, 4) is 0 Å². The summed E-state index contributed by atoms with van der Waals surface area (Å²) in [6.07, 6.45) is 13.0. The molecule has 0 N–H and O–H groups in total. The molecular weight excluding hydrogens is 220 g/mol. The highest BCUT2D eigenvalue weighted by atomic mass is 16.5. The molecule has 1 nitrogen and oxygen atoms in total. The SMILES string of the molecule is C1=C[C@@]23OCc4ccccc4[C@@H]2C=CC[C@H]3CC1. The van der Waals surface area contributed by atoms with Gasteiger partial charge in [0, 0.05) is 5.92 Å². The van der Waals surface area contributed by atoms with Gasteiger partial charge in [-0.15, -0.1) is 0 Å². The molecule has 2 aliphatic carbocycles. The molecule has 1 aromatic rings. The number of allylic oxidation sites excluding steroid dienone is 2. The van der Waals surface area contributed by atoms with Crippen LogP contribution in [0.3, 0.4) is 0 Å².